The molecule has 0 saturated carbocycles. The third-order valence-electron chi connectivity index (χ3n) is 2.36. The Kier molecular flexibility index (Phi) is 4.14. The van der Waals surface area contributed by atoms with Crippen molar-refractivity contribution in [2.75, 3.05) is 13.2 Å². The van der Waals surface area contributed by atoms with Crippen LogP contribution < -0.4 is 0 Å². The Morgan fingerprint density at radius 1 is 1.39 bits per heavy atom. The second kappa shape index (κ2) is 6.02. The summed E-state index contributed by atoms with van der Waals surface area (Å²) in [7, 11) is 0. The lowest BCUT2D eigenvalue weighted by Gasteiger charge is -2.01. The summed E-state index contributed by atoms with van der Waals surface area (Å²) in [4.78, 5) is 19.6. The molecule has 0 radical (unpaired) electrons. The van der Waals surface area contributed by atoms with Crippen molar-refractivity contribution >= 4 is 5.78 Å². The molecule has 0 aliphatic rings. The van der Waals surface area contributed by atoms with Gasteiger partial charge in [-0.1, -0.05) is 0 Å². The minimum Gasteiger partial charge on any atom is -0.380 e. The maximum absolute atomic E-state index is 12.0. The average molecular weight is 246 g/mol. The SMILES string of the molecule is CCOCCn1ccc(C(=O)c2cncnc2)n1. The quantitative estimate of drug-likeness (QED) is 0.560. The Labute approximate surface area is 105 Å². The molecule has 94 valence electrons. The summed E-state index contributed by atoms with van der Waals surface area (Å²) in [6.07, 6.45) is 6.11. The van der Waals surface area contributed by atoms with Gasteiger partial charge in [-0.05, 0) is 13.0 Å². The maximum Gasteiger partial charge on any atom is 0.216 e. The van der Waals surface area contributed by atoms with Crippen LogP contribution in [0.1, 0.15) is 23.0 Å². The molecule has 0 atom stereocenters. The second-order valence-corrected chi connectivity index (χ2v) is 3.62. The molecule has 0 bridgehead atoms. The molecule has 0 aliphatic carbocycles. The fraction of sp³-hybridized carbons (Fsp3) is 0.333. The first-order valence-electron chi connectivity index (χ1n) is 5.72. The highest BCUT2D eigenvalue weighted by atomic mass is 16.5. The van der Waals surface area contributed by atoms with Crippen LogP contribution in [0.25, 0.3) is 0 Å². The van der Waals surface area contributed by atoms with E-state index < -0.39 is 0 Å². The molecular weight excluding hydrogens is 232 g/mol. The zero-order valence-electron chi connectivity index (χ0n) is 10.1. The van der Waals surface area contributed by atoms with Gasteiger partial charge in [-0.3, -0.25) is 9.48 Å². The van der Waals surface area contributed by atoms with Crippen LogP contribution in [0.3, 0.4) is 0 Å². The molecule has 2 aromatic rings. The summed E-state index contributed by atoms with van der Waals surface area (Å²) in [5.74, 6) is -0.175. The predicted octanol–water partition coefficient (Wildman–Crippen LogP) is 0.941. The first-order chi connectivity index (χ1) is 8.81. The fourth-order valence-electron chi connectivity index (χ4n) is 1.47. The minimum absolute atomic E-state index is 0.175. The number of ketones is 1. The van der Waals surface area contributed by atoms with Crippen molar-refractivity contribution < 1.29 is 9.53 Å². The molecule has 6 heteroatoms. The van der Waals surface area contributed by atoms with E-state index in [1.54, 1.807) is 16.9 Å². The van der Waals surface area contributed by atoms with Crippen molar-refractivity contribution in [3.63, 3.8) is 0 Å². The van der Waals surface area contributed by atoms with Gasteiger partial charge in [0.1, 0.15) is 12.0 Å². The fourth-order valence-corrected chi connectivity index (χ4v) is 1.47. The minimum atomic E-state index is -0.175. The van der Waals surface area contributed by atoms with Gasteiger partial charge in [0.2, 0.25) is 5.78 Å². The van der Waals surface area contributed by atoms with Crippen molar-refractivity contribution in [2.45, 2.75) is 13.5 Å². The molecule has 2 rings (SSSR count). The van der Waals surface area contributed by atoms with E-state index in [4.69, 9.17) is 4.74 Å². The Morgan fingerprint density at radius 3 is 2.89 bits per heavy atom. The highest BCUT2D eigenvalue weighted by molar-refractivity contribution is 6.07. The normalized spacial score (nSPS) is 10.5. The molecule has 0 spiro atoms. The van der Waals surface area contributed by atoms with Crippen LogP contribution >= 0.6 is 0 Å². The van der Waals surface area contributed by atoms with Gasteiger partial charge >= 0.3 is 0 Å². The zero-order valence-corrected chi connectivity index (χ0v) is 10.1. The zero-order chi connectivity index (χ0) is 12.8. The van der Waals surface area contributed by atoms with Crippen molar-refractivity contribution in [1.82, 2.24) is 19.7 Å². The van der Waals surface area contributed by atoms with Gasteiger partial charge in [0.15, 0.2) is 0 Å². The molecule has 0 amide bonds. The lowest BCUT2D eigenvalue weighted by atomic mass is 10.2. The molecule has 6 nitrogen and oxygen atoms in total. The van der Waals surface area contributed by atoms with E-state index in [2.05, 4.69) is 15.1 Å². The molecule has 0 fully saturated rings. The molecule has 2 aromatic heterocycles. The summed E-state index contributed by atoms with van der Waals surface area (Å²) in [5, 5.41) is 4.19. The van der Waals surface area contributed by atoms with E-state index in [0.717, 1.165) is 0 Å². The van der Waals surface area contributed by atoms with Gasteiger partial charge in [0, 0.05) is 25.2 Å². The molecular formula is C12H14N4O2. The first-order valence-corrected chi connectivity index (χ1v) is 5.72. The highest BCUT2D eigenvalue weighted by Crippen LogP contribution is 2.05. The standard InChI is InChI=1S/C12H14N4O2/c1-2-18-6-5-16-4-3-11(15-16)12(17)10-7-13-9-14-8-10/h3-4,7-9H,2,5-6H2,1H3. The van der Waals surface area contributed by atoms with Crippen LogP contribution in [-0.4, -0.2) is 38.7 Å². The molecule has 0 aromatic carbocycles. The van der Waals surface area contributed by atoms with Crippen LogP contribution in [0.4, 0.5) is 0 Å². The number of carbonyl (C=O) groups excluding carboxylic acids is 1. The van der Waals surface area contributed by atoms with Crippen LogP contribution in [0.15, 0.2) is 31.0 Å². The Hall–Kier alpha value is -2.08. The van der Waals surface area contributed by atoms with Gasteiger partial charge in [-0.2, -0.15) is 5.10 Å². The topological polar surface area (TPSA) is 69.9 Å². The summed E-state index contributed by atoms with van der Waals surface area (Å²) >= 11 is 0. The monoisotopic (exact) mass is 246 g/mol. The van der Waals surface area contributed by atoms with Crippen LogP contribution in [-0.2, 0) is 11.3 Å². The van der Waals surface area contributed by atoms with Crippen molar-refractivity contribution in [3.8, 4) is 0 Å². The van der Waals surface area contributed by atoms with Gasteiger partial charge < -0.3 is 4.74 Å². The van der Waals surface area contributed by atoms with Crippen molar-refractivity contribution in [2.24, 2.45) is 0 Å². The van der Waals surface area contributed by atoms with Gasteiger partial charge in [-0.15, -0.1) is 0 Å². The van der Waals surface area contributed by atoms with Gasteiger partial charge in [0.25, 0.3) is 0 Å². The van der Waals surface area contributed by atoms with Crippen molar-refractivity contribution in [3.05, 3.63) is 42.2 Å². The van der Waals surface area contributed by atoms with E-state index in [9.17, 15) is 4.79 Å². The van der Waals surface area contributed by atoms with Gasteiger partial charge in [0.05, 0.1) is 18.7 Å². The lowest BCUT2D eigenvalue weighted by Crippen LogP contribution is -2.09. The number of ether oxygens (including phenoxy) is 1. The second-order valence-electron chi connectivity index (χ2n) is 3.62. The Balaban J connectivity index is 2.04. The summed E-state index contributed by atoms with van der Waals surface area (Å²) in [6.45, 7) is 3.83. The number of hydrogen-bond acceptors (Lipinski definition) is 5. The molecule has 0 N–H and O–H groups in total. The van der Waals surface area contributed by atoms with E-state index >= 15 is 0 Å². The first kappa shape index (κ1) is 12.4. The maximum atomic E-state index is 12.0. The predicted molar refractivity (Wildman–Crippen MR) is 64.2 cm³/mol. The van der Waals surface area contributed by atoms with Gasteiger partial charge in [-0.25, -0.2) is 9.97 Å². The number of nitrogens with zero attached hydrogens (tertiary/aromatic N) is 4. The van der Waals surface area contributed by atoms with E-state index in [0.29, 0.717) is 31.0 Å². The molecule has 0 saturated heterocycles. The third kappa shape index (κ3) is 2.98. The molecule has 0 unspecified atom stereocenters. The number of aromatic nitrogens is 4. The van der Waals surface area contributed by atoms with Crippen LogP contribution in [0.5, 0.6) is 0 Å². The highest BCUT2D eigenvalue weighted by Gasteiger charge is 2.12. The summed E-state index contributed by atoms with van der Waals surface area (Å²) in [5.41, 5.74) is 0.828. The largest absolute Gasteiger partial charge is 0.380 e. The van der Waals surface area contributed by atoms with E-state index in [1.807, 2.05) is 6.92 Å². The van der Waals surface area contributed by atoms with Crippen LogP contribution in [0, 0.1) is 0 Å². The lowest BCUT2D eigenvalue weighted by molar-refractivity contribution is 0.103. The molecule has 0 aliphatic heterocycles. The Bertz CT molecular complexity index is 510. The molecule has 2 heterocycles. The Morgan fingerprint density at radius 2 is 2.17 bits per heavy atom. The number of rotatable bonds is 6. The van der Waals surface area contributed by atoms with E-state index in [-0.39, 0.29) is 5.78 Å². The van der Waals surface area contributed by atoms with E-state index in [1.165, 1.54) is 18.7 Å². The summed E-state index contributed by atoms with van der Waals surface area (Å²) in [6, 6.07) is 1.68. The number of carbonyl (C=O) groups is 1. The average Bonchev–Trinajstić information content (AvgIpc) is 2.88. The van der Waals surface area contributed by atoms with Crippen molar-refractivity contribution in [1.29, 1.82) is 0 Å². The molecule has 18 heavy (non-hydrogen) atoms. The number of hydrogen-bond donors (Lipinski definition) is 0. The smallest absolute Gasteiger partial charge is 0.216 e. The third-order valence-corrected chi connectivity index (χ3v) is 2.36. The summed E-state index contributed by atoms with van der Waals surface area (Å²) < 4.78 is 6.91. The van der Waals surface area contributed by atoms with Crippen LogP contribution in [0.2, 0.25) is 0 Å².